The number of hydrogen-bond donors (Lipinski definition) is 1. The van der Waals surface area contributed by atoms with Gasteiger partial charge >= 0.3 is 5.97 Å². The monoisotopic (exact) mass is 388 g/mol. The van der Waals surface area contributed by atoms with Crippen LogP contribution in [-0.4, -0.2) is 40.4 Å². The van der Waals surface area contributed by atoms with Crippen molar-refractivity contribution in [2.24, 2.45) is 0 Å². The van der Waals surface area contributed by atoms with E-state index in [0.29, 0.717) is 5.56 Å². The van der Waals surface area contributed by atoms with Crippen LogP contribution in [0, 0.1) is 6.92 Å². The lowest BCUT2D eigenvalue weighted by Gasteiger charge is -2.22. The van der Waals surface area contributed by atoms with Crippen LogP contribution in [-0.2, 0) is 16.0 Å². The van der Waals surface area contributed by atoms with Gasteiger partial charge in [0.05, 0.1) is 16.8 Å². The minimum absolute atomic E-state index is 0.0303. The minimum atomic E-state index is -0.897. The van der Waals surface area contributed by atoms with E-state index in [4.69, 9.17) is 9.47 Å². The van der Waals surface area contributed by atoms with Crippen LogP contribution >= 0.6 is 0 Å². The highest BCUT2D eigenvalue weighted by molar-refractivity contribution is 5.93. The molecule has 1 unspecified atom stereocenters. The highest BCUT2D eigenvalue weighted by Gasteiger charge is 2.13. The van der Waals surface area contributed by atoms with Crippen molar-refractivity contribution in [2.45, 2.75) is 77.5 Å². The molecule has 1 aliphatic heterocycles. The van der Waals surface area contributed by atoms with Gasteiger partial charge in [0, 0.05) is 25.1 Å². The lowest BCUT2D eigenvalue weighted by Crippen LogP contribution is -2.22. The number of unbranched alkanes of at least 4 members (excludes halogenated alkanes) is 5. The first-order valence-electron chi connectivity index (χ1n) is 10.6. The van der Waals surface area contributed by atoms with E-state index in [9.17, 15) is 9.90 Å². The van der Waals surface area contributed by atoms with E-state index in [0.717, 1.165) is 68.5 Å². The van der Waals surface area contributed by atoms with E-state index >= 15 is 0 Å². The predicted octanol–water partition coefficient (Wildman–Crippen LogP) is 4.93. The summed E-state index contributed by atoms with van der Waals surface area (Å²) in [7, 11) is 0. The van der Waals surface area contributed by atoms with Gasteiger partial charge in [0.15, 0.2) is 6.29 Å². The SMILES string of the molecule is Cc1nn(CCCCCCCCOC2CCCCO2)c2cc(C(=O)O)ccc12. The number of rotatable bonds is 11. The fourth-order valence-corrected chi connectivity index (χ4v) is 3.77. The molecule has 154 valence electrons. The van der Waals surface area contributed by atoms with Gasteiger partial charge in [-0.05, 0) is 51.2 Å². The van der Waals surface area contributed by atoms with Gasteiger partial charge in [0.1, 0.15) is 0 Å². The van der Waals surface area contributed by atoms with Crippen LogP contribution in [0.25, 0.3) is 10.9 Å². The quantitative estimate of drug-likeness (QED) is 0.553. The maximum Gasteiger partial charge on any atom is 0.335 e. The molecule has 2 aromatic rings. The molecule has 3 rings (SSSR count). The van der Waals surface area contributed by atoms with Gasteiger partial charge in [-0.15, -0.1) is 0 Å². The molecule has 6 heteroatoms. The first-order valence-corrected chi connectivity index (χ1v) is 10.6. The van der Waals surface area contributed by atoms with Gasteiger partial charge in [0.2, 0.25) is 0 Å². The van der Waals surface area contributed by atoms with Crippen molar-refractivity contribution in [2.75, 3.05) is 13.2 Å². The first-order chi connectivity index (χ1) is 13.6. The molecule has 2 heterocycles. The second kappa shape index (κ2) is 10.6. The average Bonchev–Trinajstić information content (AvgIpc) is 3.02. The smallest absolute Gasteiger partial charge is 0.335 e. The summed E-state index contributed by atoms with van der Waals surface area (Å²) < 4.78 is 13.3. The Kier molecular flexibility index (Phi) is 7.86. The molecule has 1 atom stereocenters. The molecule has 0 saturated carbocycles. The van der Waals surface area contributed by atoms with E-state index in [1.54, 1.807) is 12.1 Å². The lowest BCUT2D eigenvalue weighted by atomic mass is 10.1. The molecule has 1 aromatic heterocycles. The van der Waals surface area contributed by atoms with Crippen LogP contribution in [0.4, 0.5) is 0 Å². The molecule has 1 saturated heterocycles. The van der Waals surface area contributed by atoms with Gasteiger partial charge in [0.25, 0.3) is 0 Å². The zero-order valence-electron chi connectivity index (χ0n) is 16.9. The van der Waals surface area contributed by atoms with Crippen LogP contribution < -0.4 is 0 Å². The number of carbonyl (C=O) groups is 1. The van der Waals surface area contributed by atoms with E-state index in [2.05, 4.69) is 5.10 Å². The number of aromatic nitrogens is 2. The Labute approximate surface area is 166 Å². The zero-order chi connectivity index (χ0) is 19.8. The largest absolute Gasteiger partial charge is 0.478 e. The van der Waals surface area contributed by atoms with E-state index in [-0.39, 0.29) is 6.29 Å². The van der Waals surface area contributed by atoms with Gasteiger partial charge < -0.3 is 14.6 Å². The molecule has 0 radical (unpaired) electrons. The van der Waals surface area contributed by atoms with E-state index in [1.165, 1.54) is 25.7 Å². The van der Waals surface area contributed by atoms with Gasteiger partial charge in [-0.1, -0.05) is 31.7 Å². The molecule has 0 bridgehead atoms. The molecular formula is C22H32N2O4. The maximum absolute atomic E-state index is 11.2. The number of nitrogens with zero attached hydrogens (tertiary/aromatic N) is 2. The molecule has 0 amide bonds. The van der Waals surface area contributed by atoms with Crippen molar-refractivity contribution in [1.82, 2.24) is 9.78 Å². The maximum atomic E-state index is 11.2. The molecule has 6 nitrogen and oxygen atoms in total. The summed E-state index contributed by atoms with van der Waals surface area (Å²) in [5.74, 6) is -0.897. The Morgan fingerprint density at radius 1 is 1.21 bits per heavy atom. The number of hydrogen-bond acceptors (Lipinski definition) is 4. The fourth-order valence-electron chi connectivity index (χ4n) is 3.77. The average molecular weight is 389 g/mol. The van der Waals surface area contributed by atoms with Crippen molar-refractivity contribution < 1.29 is 19.4 Å². The third-order valence-electron chi connectivity index (χ3n) is 5.39. The summed E-state index contributed by atoms with van der Waals surface area (Å²) in [6.45, 7) is 4.44. The number of aryl methyl sites for hydroxylation is 2. The summed E-state index contributed by atoms with van der Waals surface area (Å²) in [5.41, 5.74) is 2.18. The van der Waals surface area contributed by atoms with Crippen LogP contribution in [0.5, 0.6) is 0 Å². The topological polar surface area (TPSA) is 73.6 Å². The minimum Gasteiger partial charge on any atom is -0.478 e. The Hall–Kier alpha value is -1.92. The Morgan fingerprint density at radius 2 is 2.00 bits per heavy atom. The van der Waals surface area contributed by atoms with Crippen molar-refractivity contribution in [3.8, 4) is 0 Å². The summed E-state index contributed by atoms with van der Waals surface area (Å²) in [5, 5.41) is 14.8. The Morgan fingerprint density at radius 3 is 2.75 bits per heavy atom. The molecule has 28 heavy (non-hydrogen) atoms. The summed E-state index contributed by atoms with van der Waals surface area (Å²) in [6, 6.07) is 5.24. The molecule has 0 spiro atoms. The number of carboxylic acids is 1. The van der Waals surface area contributed by atoms with Crippen molar-refractivity contribution in [3.63, 3.8) is 0 Å². The Balaban J connectivity index is 1.32. The van der Waals surface area contributed by atoms with Crippen molar-refractivity contribution in [1.29, 1.82) is 0 Å². The number of ether oxygens (including phenoxy) is 2. The summed E-state index contributed by atoms with van der Waals surface area (Å²) >= 11 is 0. The van der Waals surface area contributed by atoms with Crippen LogP contribution in [0.1, 0.15) is 73.8 Å². The second-order valence-electron chi connectivity index (χ2n) is 7.63. The van der Waals surface area contributed by atoms with Gasteiger partial charge in [-0.25, -0.2) is 4.79 Å². The van der Waals surface area contributed by atoms with Crippen LogP contribution in [0.3, 0.4) is 0 Å². The summed E-state index contributed by atoms with van der Waals surface area (Å²) in [6.07, 6.45) is 10.4. The highest BCUT2D eigenvalue weighted by atomic mass is 16.7. The number of carboxylic acid groups (broad SMARTS) is 1. The zero-order valence-corrected chi connectivity index (χ0v) is 16.9. The lowest BCUT2D eigenvalue weighted by molar-refractivity contribution is -0.162. The van der Waals surface area contributed by atoms with E-state index in [1.807, 2.05) is 17.7 Å². The van der Waals surface area contributed by atoms with Gasteiger partial charge in [-0.2, -0.15) is 5.10 Å². The third kappa shape index (κ3) is 5.79. The fraction of sp³-hybridized carbons (Fsp3) is 0.636. The molecule has 1 aromatic carbocycles. The predicted molar refractivity (Wildman–Crippen MR) is 109 cm³/mol. The molecule has 1 aliphatic rings. The molecule has 1 N–H and O–H groups in total. The van der Waals surface area contributed by atoms with E-state index < -0.39 is 5.97 Å². The number of fused-ring (bicyclic) bond motifs is 1. The number of aromatic carboxylic acids is 1. The third-order valence-corrected chi connectivity index (χ3v) is 5.39. The number of benzene rings is 1. The van der Waals surface area contributed by atoms with Crippen molar-refractivity contribution in [3.05, 3.63) is 29.5 Å². The molecular weight excluding hydrogens is 356 g/mol. The highest BCUT2D eigenvalue weighted by Crippen LogP contribution is 2.21. The van der Waals surface area contributed by atoms with Crippen LogP contribution in [0.2, 0.25) is 0 Å². The van der Waals surface area contributed by atoms with Crippen LogP contribution in [0.15, 0.2) is 18.2 Å². The molecule has 1 fully saturated rings. The molecule has 0 aliphatic carbocycles. The second-order valence-corrected chi connectivity index (χ2v) is 7.63. The summed E-state index contributed by atoms with van der Waals surface area (Å²) in [4.78, 5) is 11.2. The Bertz CT molecular complexity index is 765. The first kappa shape index (κ1) is 20.8. The standard InChI is InChI=1S/C22H32N2O4/c1-17-19-12-11-18(22(25)26)16-20(19)24(23-17)13-7-4-2-3-5-8-14-27-21-10-6-9-15-28-21/h11-12,16,21H,2-10,13-15H2,1H3,(H,25,26). The van der Waals surface area contributed by atoms with Crippen molar-refractivity contribution >= 4 is 16.9 Å². The normalized spacial score (nSPS) is 17.2. The van der Waals surface area contributed by atoms with Gasteiger partial charge in [-0.3, -0.25) is 4.68 Å².